The molecule has 2 heterocycles. The normalized spacial score (nSPS) is 34.6. The van der Waals surface area contributed by atoms with Gasteiger partial charge in [-0.1, -0.05) is 0 Å². The average Bonchev–Trinajstić information content (AvgIpc) is 2.79. The molecular formula is C13H21NO5. The lowest BCUT2D eigenvalue weighted by molar-refractivity contribution is -0.153. The minimum Gasteiger partial charge on any atom is -0.469 e. The van der Waals surface area contributed by atoms with Crippen LogP contribution in [0.1, 0.15) is 27.2 Å². The van der Waals surface area contributed by atoms with Crippen LogP contribution in [0, 0.1) is 5.92 Å². The summed E-state index contributed by atoms with van der Waals surface area (Å²) in [5.74, 6) is -1.81. The number of fused-ring (bicyclic) bond motifs is 1. The molecule has 4 atom stereocenters. The molecule has 0 aromatic carbocycles. The minimum atomic E-state index is -1.32. The molecule has 0 spiro atoms. The van der Waals surface area contributed by atoms with Gasteiger partial charge < -0.3 is 19.5 Å². The van der Waals surface area contributed by atoms with E-state index in [1.807, 2.05) is 20.8 Å². The first-order chi connectivity index (χ1) is 8.76. The minimum absolute atomic E-state index is 0.245. The molecule has 0 aromatic heterocycles. The highest BCUT2D eigenvalue weighted by molar-refractivity contribution is 5.92. The van der Waals surface area contributed by atoms with Gasteiger partial charge in [0.1, 0.15) is 12.0 Å². The molecule has 6 nitrogen and oxygen atoms in total. The number of esters is 1. The molecule has 0 unspecified atom stereocenters. The van der Waals surface area contributed by atoms with E-state index in [4.69, 9.17) is 9.47 Å². The van der Waals surface area contributed by atoms with E-state index in [9.17, 15) is 14.7 Å². The van der Waals surface area contributed by atoms with Crippen LogP contribution in [0.4, 0.5) is 0 Å². The van der Waals surface area contributed by atoms with Gasteiger partial charge >= 0.3 is 5.97 Å². The fraction of sp³-hybridized carbons (Fsp3) is 0.846. The number of ether oxygens (including phenoxy) is 2. The molecule has 0 saturated carbocycles. The number of aliphatic hydroxyl groups is 1. The van der Waals surface area contributed by atoms with Crippen molar-refractivity contribution in [2.24, 2.45) is 5.92 Å². The molecule has 0 bridgehead atoms. The number of hydrogen-bond acceptors (Lipinski definition) is 5. The quantitative estimate of drug-likeness (QED) is 0.712. The van der Waals surface area contributed by atoms with Gasteiger partial charge in [0.25, 0.3) is 5.91 Å². The molecule has 0 aromatic rings. The molecule has 6 heteroatoms. The first-order valence-corrected chi connectivity index (χ1v) is 6.50. The Bertz CT molecular complexity index is 389. The highest BCUT2D eigenvalue weighted by atomic mass is 16.5. The van der Waals surface area contributed by atoms with E-state index >= 15 is 0 Å². The molecule has 2 fully saturated rings. The van der Waals surface area contributed by atoms with E-state index in [1.54, 1.807) is 4.90 Å². The maximum absolute atomic E-state index is 11.9. The smallest absolute Gasteiger partial charge is 0.314 e. The summed E-state index contributed by atoms with van der Waals surface area (Å²) >= 11 is 0. The van der Waals surface area contributed by atoms with Crippen molar-refractivity contribution in [2.75, 3.05) is 13.7 Å². The van der Waals surface area contributed by atoms with Crippen LogP contribution in [0.3, 0.4) is 0 Å². The van der Waals surface area contributed by atoms with Crippen LogP contribution in [0.2, 0.25) is 0 Å². The number of rotatable bonds is 2. The van der Waals surface area contributed by atoms with Crippen molar-refractivity contribution < 1.29 is 24.2 Å². The molecular weight excluding hydrogens is 250 g/mol. The topological polar surface area (TPSA) is 76.1 Å². The summed E-state index contributed by atoms with van der Waals surface area (Å²) in [4.78, 5) is 25.3. The van der Waals surface area contributed by atoms with Crippen molar-refractivity contribution in [1.29, 1.82) is 0 Å². The number of nitrogens with zero attached hydrogens (tertiary/aromatic N) is 1. The highest BCUT2D eigenvalue weighted by Gasteiger charge is 2.57. The molecule has 2 aliphatic heterocycles. The molecule has 2 saturated heterocycles. The highest BCUT2D eigenvalue weighted by Crippen LogP contribution is 2.37. The van der Waals surface area contributed by atoms with Gasteiger partial charge in [-0.05, 0) is 27.2 Å². The molecule has 19 heavy (non-hydrogen) atoms. The Morgan fingerprint density at radius 2 is 2.05 bits per heavy atom. The molecule has 0 radical (unpaired) electrons. The zero-order chi connectivity index (χ0) is 14.4. The van der Waals surface area contributed by atoms with Gasteiger partial charge in [0.05, 0.1) is 24.9 Å². The number of aliphatic hydroxyl groups excluding tert-OH is 1. The number of carbonyl (C=O) groups is 2. The van der Waals surface area contributed by atoms with E-state index in [-0.39, 0.29) is 11.7 Å². The van der Waals surface area contributed by atoms with Gasteiger partial charge in [-0.15, -0.1) is 0 Å². The van der Waals surface area contributed by atoms with Crippen molar-refractivity contribution in [2.45, 2.75) is 51.0 Å². The van der Waals surface area contributed by atoms with E-state index in [0.717, 1.165) is 0 Å². The van der Waals surface area contributed by atoms with Crippen molar-refractivity contribution in [3.8, 4) is 0 Å². The number of methoxy groups -OCH3 is 1. The third-order valence-corrected chi connectivity index (χ3v) is 3.62. The zero-order valence-electron chi connectivity index (χ0n) is 11.8. The second-order valence-electron chi connectivity index (χ2n) is 6.07. The SMILES string of the molecule is COC(=O)[C@H]1[C@@H]2[C@@H](OC(C)(C)C)CCN2C(=O)[C@@H]1O. The van der Waals surface area contributed by atoms with Gasteiger partial charge in [0.15, 0.2) is 0 Å². The fourth-order valence-corrected chi connectivity index (χ4v) is 2.97. The standard InChI is InChI=1S/C13H21NO5/c1-13(2,3)19-7-5-6-14-9(7)8(12(17)18-4)10(15)11(14)16/h7-10,15H,5-6H2,1-4H3/t7-,8-,9-,10+/m0/s1. The van der Waals surface area contributed by atoms with E-state index in [1.165, 1.54) is 7.11 Å². The molecule has 1 N–H and O–H groups in total. The maximum atomic E-state index is 11.9. The third-order valence-electron chi connectivity index (χ3n) is 3.62. The lowest BCUT2D eigenvalue weighted by Crippen LogP contribution is -2.43. The summed E-state index contributed by atoms with van der Waals surface area (Å²) in [6.07, 6.45) is -0.887. The number of hydrogen-bond donors (Lipinski definition) is 1. The Balaban J connectivity index is 2.24. The van der Waals surface area contributed by atoms with Crippen LogP contribution >= 0.6 is 0 Å². The van der Waals surface area contributed by atoms with Crippen LogP contribution in [-0.4, -0.2) is 59.4 Å². The zero-order valence-corrected chi connectivity index (χ0v) is 11.8. The summed E-state index contributed by atoms with van der Waals surface area (Å²) in [6, 6.07) is -0.422. The van der Waals surface area contributed by atoms with Crippen molar-refractivity contribution in [1.82, 2.24) is 4.90 Å². The lowest BCUT2D eigenvalue weighted by Gasteiger charge is -2.30. The van der Waals surface area contributed by atoms with E-state index in [2.05, 4.69) is 0 Å². The van der Waals surface area contributed by atoms with E-state index in [0.29, 0.717) is 13.0 Å². The molecule has 108 valence electrons. The molecule has 1 amide bonds. The second-order valence-corrected chi connectivity index (χ2v) is 6.07. The van der Waals surface area contributed by atoms with Gasteiger partial charge in [-0.2, -0.15) is 0 Å². The number of amides is 1. The van der Waals surface area contributed by atoms with Gasteiger partial charge in [0, 0.05) is 6.54 Å². The Morgan fingerprint density at radius 3 is 2.58 bits per heavy atom. The van der Waals surface area contributed by atoms with Crippen molar-refractivity contribution in [3.63, 3.8) is 0 Å². The van der Waals surface area contributed by atoms with Gasteiger partial charge in [-0.25, -0.2) is 0 Å². The Labute approximate surface area is 112 Å². The molecule has 0 aliphatic carbocycles. The van der Waals surface area contributed by atoms with Crippen LogP contribution in [0.15, 0.2) is 0 Å². The van der Waals surface area contributed by atoms with Crippen molar-refractivity contribution >= 4 is 11.9 Å². The first-order valence-electron chi connectivity index (χ1n) is 6.50. The van der Waals surface area contributed by atoms with E-state index < -0.39 is 29.9 Å². The van der Waals surface area contributed by atoms with Crippen LogP contribution in [0.5, 0.6) is 0 Å². The lowest BCUT2D eigenvalue weighted by atomic mass is 9.93. The second kappa shape index (κ2) is 4.76. The first kappa shape index (κ1) is 14.3. The summed E-state index contributed by atoms with van der Waals surface area (Å²) < 4.78 is 10.6. The predicted molar refractivity (Wildman–Crippen MR) is 66.3 cm³/mol. The van der Waals surface area contributed by atoms with Gasteiger partial charge in [-0.3, -0.25) is 9.59 Å². The summed E-state index contributed by atoms with van der Waals surface area (Å²) in [5, 5.41) is 9.93. The third kappa shape index (κ3) is 2.47. The molecule has 2 aliphatic rings. The van der Waals surface area contributed by atoms with Crippen molar-refractivity contribution in [3.05, 3.63) is 0 Å². The number of carbonyl (C=O) groups excluding carboxylic acids is 2. The summed E-state index contributed by atoms with van der Waals surface area (Å²) in [6.45, 7) is 6.29. The van der Waals surface area contributed by atoms with Crippen LogP contribution in [0.25, 0.3) is 0 Å². The van der Waals surface area contributed by atoms with Crippen LogP contribution < -0.4 is 0 Å². The predicted octanol–water partition coefficient (Wildman–Crippen LogP) is -0.0653. The van der Waals surface area contributed by atoms with Gasteiger partial charge in [0.2, 0.25) is 0 Å². The average molecular weight is 271 g/mol. The Morgan fingerprint density at radius 1 is 1.42 bits per heavy atom. The van der Waals surface area contributed by atoms with Crippen LogP contribution in [-0.2, 0) is 19.1 Å². The Kier molecular flexibility index (Phi) is 3.57. The maximum Gasteiger partial charge on any atom is 0.314 e. The largest absolute Gasteiger partial charge is 0.469 e. The summed E-state index contributed by atoms with van der Waals surface area (Å²) in [7, 11) is 1.26. The molecule has 2 rings (SSSR count). The fourth-order valence-electron chi connectivity index (χ4n) is 2.97. The Hall–Kier alpha value is -1.14. The monoisotopic (exact) mass is 271 g/mol. The summed E-state index contributed by atoms with van der Waals surface area (Å²) in [5.41, 5.74) is -0.363.